The predicted octanol–water partition coefficient (Wildman–Crippen LogP) is 3.49. The molecule has 98 valence electrons. The molecule has 0 spiro atoms. The number of hydrogen-bond donors (Lipinski definition) is 2. The van der Waals surface area contributed by atoms with Gasteiger partial charge in [-0.2, -0.15) is 0 Å². The molecule has 19 heavy (non-hydrogen) atoms. The van der Waals surface area contributed by atoms with Crippen LogP contribution in [0, 0.1) is 6.92 Å². The zero-order chi connectivity index (χ0) is 13.8. The highest BCUT2D eigenvalue weighted by Crippen LogP contribution is 2.29. The highest BCUT2D eigenvalue weighted by atomic mass is 32.2. The van der Waals surface area contributed by atoms with Crippen molar-refractivity contribution in [2.75, 3.05) is 11.6 Å². The van der Waals surface area contributed by atoms with Crippen LogP contribution in [0.3, 0.4) is 0 Å². The van der Waals surface area contributed by atoms with E-state index in [1.165, 1.54) is 0 Å². The van der Waals surface area contributed by atoms with Crippen molar-refractivity contribution in [2.24, 2.45) is 5.73 Å². The summed E-state index contributed by atoms with van der Waals surface area (Å²) in [6.45, 7) is 2.00. The van der Waals surface area contributed by atoms with Crippen LogP contribution in [0.15, 0.2) is 41.6 Å². The second kappa shape index (κ2) is 6.04. The fraction of sp³-hybridized carbons (Fsp3) is 0.143. The van der Waals surface area contributed by atoms with Crippen LogP contribution in [0.25, 0.3) is 0 Å². The van der Waals surface area contributed by atoms with Gasteiger partial charge in [0.25, 0.3) is 0 Å². The molecule has 1 heterocycles. The van der Waals surface area contributed by atoms with Gasteiger partial charge in [0.05, 0.1) is 11.9 Å². The van der Waals surface area contributed by atoms with E-state index in [0.29, 0.717) is 4.99 Å². The largest absolute Gasteiger partial charge is 0.389 e. The van der Waals surface area contributed by atoms with E-state index >= 15 is 0 Å². The molecule has 2 rings (SSSR count). The monoisotopic (exact) mass is 289 g/mol. The Labute approximate surface area is 122 Å². The zero-order valence-corrected chi connectivity index (χ0v) is 12.4. The van der Waals surface area contributed by atoms with Crippen LogP contribution in [0.4, 0.5) is 11.4 Å². The van der Waals surface area contributed by atoms with E-state index in [0.717, 1.165) is 27.4 Å². The molecule has 1 aromatic heterocycles. The minimum atomic E-state index is 0.396. The van der Waals surface area contributed by atoms with Crippen LogP contribution >= 0.6 is 24.0 Å². The van der Waals surface area contributed by atoms with Gasteiger partial charge >= 0.3 is 0 Å². The van der Waals surface area contributed by atoms with Crippen molar-refractivity contribution >= 4 is 40.3 Å². The SMILES string of the molecule is CSc1cccc(Nc2cncc(C)c2)c1C(N)=S. The third-order valence-electron chi connectivity index (χ3n) is 2.65. The lowest BCUT2D eigenvalue weighted by atomic mass is 10.1. The summed E-state index contributed by atoms with van der Waals surface area (Å²) >= 11 is 6.78. The first-order chi connectivity index (χ1) is 9.11. The summed E-state index contributed by atoms with van der Waals surface area (Å²) in [7, 11) is 0. The molecule has 0 radical (unpaired) electrons. The first-order valence-corrected chi connectivity index (χ1v) is 7.40. The maximum atomic E-state index is 5.84. The number of rotatable bonds is 4. The number of nitrogens with zero attached hydrogens (tertiary/aromatic N) is 1. The van der Waals surface area contributed by atoms with Crippen LogP contribution in [-0.2, 0) is 0 Å². The molecule has 0 aliphatic rings. The number of aromatic nitrogens is 1. The number of aryl methyl sites for hydroxylation is 1. The summed E-state index contributed by atoms with van der Waals surface area (Å²) in [4.78, 5) is 5.63. The maximum Gasteiger partial charge on any atom is 0.107 e. The Morgan fingerprint density at radius 2 is 2.16 bits per heavy atom. The molecule has 3 nitrogen and oxygen atoms in total. The molecule has 0 amide bonds. The van der Waals surface area contributed by atoms with Crippen LogP contribution in [0.5, 0.6) is 0 Å². The van der Waals surface area contributed by atoms with E-state index in [1.807, 2.05) is 43.6 Å². The zero-order valence-electron chi connectivity index (χ0n) is 10.8. The number of benzene rings is 1. The van der Waals surface area contributed by atoms with Crippen LogP contribution in [-0.4, -0.2) is 16.2 Å². The molecule has 3 N–H and O–H groups in total. The fourth-order valence-electron chi connectivity index (χ4n) is 1.84. The van der Waals surface area contributed by atoms with E-state index in [2.05, 4.69) is 10.3 Å². The van der Waals surface area contributed by atoms with Crippen LogP contribution in [0.2, 0.25) is 0 Å². The molecular formula is C14H15N3S2. The summed E-state index contributed by atoms with van der Waals surface area (Å²) in [6, 6.07) is 8.00. The normalized spacial score (nSPS) is 10.2. The highest BCUT2D eigenvalue weighted by Gasteiger charge is 2.10. The van der Waals surface area contributed by atoms with Crippen molar-refractivity contribution in [1.29, 1.82) is 0 Å². The Morgan fingerprint density at radius 1 is 1.37 bits per heavy atom. The number of anilines is 2. The second-order valence-electron chi connectivity index (χ2n) is 4.12. The number of pyridine rings is 1. The summed E-state index contributed by atoms with van der Waals surface area (Å²) in [5.41, 5.74) is 9.65. The van der Waals surface area contributed by atoms with Crippen molar-refractivity contribution < 1.29 is 0 Å². The molecule has 0 aliphatic carbocycles. The Morgan fingerprint density at radius 3 is 2.79 bits per heavy atom. The van der Waals surface area contributed by atoms with Gasteiger partial charge in [0, 0.05) is 22.3 Å². The predicted molar refractivity (Wildman–Crippen MR) is 86.4 cm³/mol. The molecule has 0 saturated heterocycles. The van der Waals surface area contributed by atoms with Crippen LogP contribution < -0.4 is 11.1 Å². The van der Waals surface area contributed by atoms with Crippen LogP contribution in [0.1, 0.15) is 11.1 Å². The molecule has 0 fully saturated rings. The van der Waals surface area contributed by atoms with Gasteiger partial charge < -0.3 is 11.1 Å². The number of nitrogens with one attached hydrogen (secondary N) is 1. The van der Waals surface area contributed by atoms with Gasteiger partial charge in [-0.15, -0.1) is 11.8 Å². The third-order valence-corrected chi connectivity index (χ3v) is 3.63. The number of nitrogens with two attached hydrogens (primary N) is 1. The second-order valence-corrected chi connectivity index (χ2v) is 5.41. The van der Waals surface area contributed by atoms with E-state index in [9.17, 15) is 0 Å². The van der Waals surface area contributed by atoms with Gasteiger partial charge in [0.2, 0.25) is 0 Å². The molecule has 5 heteroatoms. The minimum absolute atomic E-state index is 0.396. The summed E-state index contributed by atoms with van der Waals surface area (Å²) in [5.74, 6) is 0. The van der Waals surface area contributed by atoms with Gasteiger partial charge in [-0.1, -0.05) is 18.3 Å². The van der Waals surface area contributed by atoms with Crippen molar-refractivity contribution in [3.05, 3.63) is 47.8 Å². The lowest BCUT2D eigenvalue weighted by molar-refractivity contribution is 1.26. The van der Waals surface area contributed by atoms with Gasteiger partial charge in [-0.05, 0) is 36.9 Å². The average Bonchev–Trinajstić information content (AvgIpc) is 2.38. The van der Waals surface area contributed by atoms with Gasteiger partial charge in [-0.3, -0.25) is 4.98 Å². The number of thiocarbonyl (C=S) groups is 1. The molecular weight excluding hydrogens is 274 g/mol. The molecule has 0 atom stereocenters. The van der Waals surface area contributed by atoms with Gasteiger partial charge in [-0.25, -0.2) is 0 Å². The van der Waals surface area contributed by atoms with E-state index < -0.39 is 0 Å². The average molecular weight is 289 g/mol. The topological polar surface area (TPSA) is 50.9 Å². The Balaban J connectivity index is 2.42. The minimum Gasteiger partial charge on any atom is -0.389 e. The first kappa shape index (κ1) is 13.8. The van der Waals surface area contributed by atoms with Crippen molar-refractivity contribution in [1.82, 2.24) is 4.98 Å². The maximum absolute atomic E-state index is 5.84. The summed E-state index contributed by atoms with van der Waals surface area (Å²) in [6.07, 6.45) is 5.61. The first-order valence-electron chi connectivity index (χ1n) is 5.77. The molecule has 0 aliphatic heterocycles. The summed E-state index contributed by atoms with van der Waals surface area (Å²) < 4.78 is 0. The number of hydrogen-bond acceptors (Lipinski definition) is 4. The molecule has 0 saturated carbocycles. The summed E-state index contributed by atoms with van der Waals surface area (Å²) in [5, 5.41) is 3.33. The fourth-order valence-corrected chi connectivity index (χ4v) is 2.76. The molecule has 2 aromatic rings. The van der Waals surface area contributed by atoms with E-state index in [-0.39, 0.29) is 0 Å². The highest BCUT2D eigenvalue weighted by molar-refractivity contribution is 7.98. The van der Waals surface area contributed by atoms with E-state index in [1.54, 1.807) is 18.0 Å². The smallest absolute Gasteiger partial charge is 0.107 e. The van der Waals surface area contributed by atoms with E-state index in [4.69, 9.17) is 18.0 Å². The van der Waals surface area contributed by atoms with Crippen molar-refractivity contribution in [2.45, 2.75) is 11.8 Å². The standard InChI is InChI=1S/C14H15N3S2/c1-9-6-10(8-16-7-9)17-11-4-3-5-12(19-2)13(11)14(15)18/h3-8,17H,1-2H3,(H2,15,18). The quantitative estimate of drug-likeness (QED) is 0.666. The lowest BCUT2D eigenvalue weighted by Crippen LogP contribution is -2.13. The lowest BCUT2D eigenvalue weighted by Gasteiger charge is -2.14. The van der Waals surface area contributed by atoms with Crippen molar-refractivity contribution in [3.63, 3.8) is 0 Å². The Bertz CT molecular complexity index is 611. The third kappa shape index (κ3) is 3.24. The molecule has 1 aromatic carbocycles. The van der Waals surface area contributed by atoms with Gasteiger partial charge in [0.15, 0.2) is 0 Å². The number of thioether (sulfide) groups is 1. The Hall–Kier alpha value is -1.59. The molecule has 0 bridgehead atoms. The van der Waals surface area contributed by atoms with Crippen molar-refractivity contribution in [3.8, 4) is 0 Å². The van der Waals surface area contributed by atoms with Gasteiger partial charge in [0.1, 0.15) is 4.99 Å². The Kier molecular flexibility index (Phi) is 4.39. The molecule has 0 unspecified atom stereocenters.